The number of carbonyl (C=O) groups is 1. The molecule has 2 atom stereocenters. The van der Waals surface area contributed by atoms with Crippen LogP contribution in [0.4, 0.5) is 0 Å². The minimum Gasteiger partial charge on any atom is -0.367 e. The lowest BCUT2D eigenvalue weighted by atomic mass is 10.0. The van der Waals surface area contributed by atoms with Gasteiger partial charge in [0.25, 0.3) is 5.91 Å². The number of ether oxygens (including phenoxy) is 1. The Bertz CT molecular complexity index is 636. The molecule has 1 amide bonds. The molecule has 3 heteroatoms. The van der Waals surface area contributed by atoms with E-state index in [-0.39, 0.29) is 18.1 Å². The fourth-order valence-corrected chi connectivity index (χ4v) is 2.85. The fourth-order valence-electron chi connectivity index (χ4n) is 2.85. The standard InChI is InChI=1S/C19H21NO2/c1-14-8-10-16(11-9-14)18-13-20(12-15(2)22-18)19(21)17-6-4-3-5-7-17/h3-11,15,18H,12-13H2,1-2H3. The first-order valence-corrected chi connectivity index (χ1v) is 7.70. The van der Waals surface area contributed by atoms with Gasteiger partial charge in [-0.1, -0.05) is 48.0 Å². The van der Waals surface area contributed by atoms with Crippen LogP contribution in [-0.4, -0.2) is 30.0 Å². The summed E-state index contributed by atoms with van der Waals surface area (Å²) in [4.78, 5) is 14.5. The summed E-state index contributed by atoms with van der Waals surface area (Å²) in [6.45, 7) is 5.32. The quantitative estimate of drug-likeness (QED) is 0.847. The number of hydrogen-bond acceptors (Lipinski definition) is 2. The SMILES string of the molecule is Cc1ccc(C2CN(C(=O)c3ccccc3)CC(C)O2)cc1. The van der Waals surface area contributed by atoms with E-state index in [9.17, 15) is 4.79 Å². The van der Waals surface area contributed by atoms with E-state index in [1.165, 1.54) is 5.56 Å². The smallest absolute Gasteiger partial charge is 0.254 e. The highest BCUT2D eigenvalue weighted by molar-refractivity contribution is 5.94. The molecule has 22 heavy (non-hydrogen) atoms. The van der Waals surface area contributed by atoms with Crippen LogP contribution in [0.2, 0.25) is 0 Å². The number of morpholine rings is 1. The summed E-state index contributed by atoms with van der Waals surface area (Å²) >= 11 is 0. The van der Waals surface area contributed by atoms with Crippen molar-refractivity contribution in [1.29, 1.82) is 0 Å². The third kappa shape index (κ3) is 3.20. The maximum atomic E-state index is 12.6. The van der Waals surface area contributed by atoms with Gasteiger partial charge in [0.05, 0.1) is 12.6 Å². The molecule has 0 aliphatic carbocycles. The fraction of sp³-hybridized carbons (Fsp3) is 0.316. The second kappa shape index (κ2) is 6.32. The topological polar surface area (TPSA) is 29.5 Å². The lowest BCUT2D eigenvalue weighted by molar-refractivity contribution is -0.0691. The van der Waals surface area contributed by atoms with Gasteiger partial charge in [-0.2, -0.15) is 0 Å². The van der Waals surface area contributed by atoms with Crippen LogP contribution in [-0.2, 0) is 4.74 Å². The van der Waals surface area contributed by atoms with Crippen LogP contribution in [0.5, 0.6) is 0 Å². The lowest BCUT2D eigenvalue weighted by Crippen LogP contribution is -2.45. The van der Waals surface area contributed by atoms with E-state index < -0.39 is 0 Å². The summed E-state index contributed by atoms with van der Waals surface area (Å²) in [5, 5.41) is 0. The summed E-state index contributed by atoms with van der Waals surface area (Å²) in [5.74, 6) is 0.0767. The van der Waals surface area contributed by atoms with Crippen LogP contribution in [0, 0.1) is 6.92 Å². The molecule has 0 aromatic heterocycles. The summed E-state index contributed by atoms with van der Waals surface area (Å²) in [7, 11) is 0. The first-order chi connectivity index (χ1) is 10.6. The van der Waals surface area contributed by atoms with E-state index >= 15 is 0 Å². The average Bonchev–Trinajstić information content (AvgIpc) is 2.55. The van der Waals surface area contributed by atoms with Crippen molar-refractivity contribution in [1.82, 2.24) is 4.90 Å². The molecule has 1 aliphatic rings. The van der Waals surface area contributed by atoms with E-state index in [1.54, 1.807) is 0 Å². The normalized spacial score (nSPS) is 21.6. The summed E-state index contributed by atoms with van der Waals surface area (Å²) in [5.41, 5.74) is 3.09. The Labute approximate surface area is 131 Å². The maximum absolute atomic E-state index is 12.6. The van der Waals surface area contributed by atoms with Crippen molar-refractivity contribution in [3.8, 4) is 0 Å². The van der Waals surface area contributed by atoms with E-state index in [0.29, 0.717) is 13.1 Å². The molecule has 114 valence electrons. The highest BCUT2D eigenvalue weighted by Crippen LogP contribution is 2.26. The van der Waals surface area contributed by atoms with Crippen molar-refractivity contribution < 1.29 is 9.53 Å². The molecule has 2 aromatic carbocycles. The largest absolute Gasteiger partial charge is 0.367 e. The molecular formula is C19H21NO2. The predicted molar refractivity (Wildman–Crippen MR) is 86.8 cm³/mol. The molecule has 0 saturated carbocycles. The second-order valence-corrected chi connectivity index (χ2v) is 5.92. The molecule has 0 bridgehead atoms. The zero-order valence-corrected chi connectivity index (χ0v) is 13.0. The Morgan fingerprint density at radius 2 is 1.73 bits per heavy atom. The minimum absolute atomic E-state index is 0.0349. The van der Waals surface area contributed by atoms with E-state index in [0.717, 1.165) is 11.1 Å². The zero-order chi connectivity index (χ0) is 15.5. The van der Waals surface area contributed by atoms with Crippen molar-refractivity contribution in [3.05, 3.63) is 71.3 Å². The van der Waals surface area contributed by atoms with E-state index in [2.05, 4.69) is 31.2 Å². The maximum Gasteiger partial charge on any atom is 0.254 e. The average molecular weight is 295 g/mol. The minimum atomic E-state index is -0.0583. The van der Waals surface area contributed by atoms with Crippen LogP contribution in [0.1, 0.15) is 34.5 Å². The van der Waals surface area contributed by atoms with Crippen molar-refractivity contribution in [3.63, 3.8) is 0 Å². The van der Waals surface area contributed by atoms with Crippen LogP contribution >= 0.6 is 0 Å². The summed E-state index contributed by atoms with van der Waals surface area (Å²) in [6, 6.07) is 17.8. The van der Waals surface area contributed by atoms with Crippen molar-refractivity contribution in [2.75, 3.05) is 13.1 Å². The Morgan fingerprint density at radius 1 is 1.05 bits per heavy atom. The van der Waals surface area contributed by atoms with Crippen LogP contribution in [0.15, 0.2) is 54.6 Å². The molecule has 3 nitrogen and oxygen atoms in total. The Morgan fingerprint density at radius 3 is 2.41 bits per heavy atom. The first-order valence-electron chi connectivity index (χ1n) is 7.70. The third-order valence-electron chi connectivity index (χ3n) is 4.02. The van der Waals surface area contributed by atoms with E-state index in [1.807, 2.05) is 42.2 Å². The van der Waals surface area contributed by atoms with Gasteiger partial charge in [0.1, 0.15) is 6.10 Å². The van der Waals surface area contributed by atoms with Gasteiger partial charge in [-0.15, -0.1) is 0 Å². The predicted octanol–water partition coefficient (Wildman–Crippen LogP) is 3.60. The monoisotopic (exact) mass is 295 g/mol. The number of aryl methyl sites for hydroxylation is 1. The van der Waals surface area contributed by atoms with Gasteiger partial charge in [0.15, 0.2) is 0 Å². The highest BCUT2D eigenvalue weighted by Gasteiger charge is 2.29. The Hall–Kier alpha value is -2.13. The number of amides is 1. The van der Waals surface area contributed by atoms with Crippen LogP contribution in [0.3, 0.4) is 0 Å². The Kier molecular flexibility index (Phi) is 4.25. The summed E-state index contributed by atoms with van der Waals surface area (Å²) in [6.07, 6.45) is -0.0234. The van der Waals surface area contributed by atoms with E-state index in [4.69, 9.17) is 4.74 Å². The molecular weight excluding hydrogens is 274 g/mol. The molecule has 0 radical (unpaired) electrons. The molecule has 3 rings (SSSR count). The zero-order valence-electron chi connectivity index (χ0n) is 13.0. The number of carbonyl (C=O) groups excluding carboxylic acids is 1. The number of nitrogens with zero attached hydrogens (tertiary/aromatic N) is 1. The molecule has 1 saturated heterocycles. The van der Waals surface area contributed by atoms with Gasteiger partial charge in [0.2, 0.25) is 0 Å². The van der Waals surface area contributed by atoms with Gasteiger partial charge >= 0.3 is 0 Å². The van der Waals surface area contributed by atoms with Gasteiger partial charge in [-0.3, -0.25) is 4.79 Å². The number of rotatable bonds is 2. The van der Waals surface area contributed by atoms with Gasteiger partial charge in [-0.05, 0) is 31.5 Å². The molecule has 2 aromatic rings. The first kappa shape index (κ1) is 14.8. The van der Waals surface area contributed by atoms with Gasteiger partial charge < -0.3 is 9.64 Å². The molecule has 2 unspecified atom stereocenters. The number of hydrogen-bond donors (Lipinski definition) is 0. The van der Waals surface area contributed by atoms with Crippen LogP contribution in [0.25, 0.3) is 0 Å². The van der Waals surface area contributed by atoms with Gasteiger partial charge in [0, 0.05) is 12.1 Å². The van der Waals surface area contributed by atoms with Crippen molar-refractivity contribution in [2.45, 2.75) is 26.1 Å². The lowest BCUT2D eigenvalue weighted by Gasteiger charge is -2.37. The molecule has 0 spiro atoms. The van der Waals surface area contributed by atoms with Crippen molar-refractivity contribution in [2.24, 2.45) is 0 Å². The molecule has 1 aliphatic heterocycles. The number of benzene rings is 2. The van der Waals surface area contributed by atoms with Crippen molar-refractivity contribution >= 4 is 5.91 Å². The highest BCUT2D eigenvalue weighted by atomic mass is 16.5. The second-order valence-electron chi connectivity index (χ2n) is 5.92. The Balaban J connectivity index is 1.79. The molecule has 1 fully saturated rings. The molecule has 0 N–H and O–H groups in total. The van der Waals surface area contributed by atoms with Gasteiger partial charge in [-0.25, -0.2) is 0 Å². The third-order valence-corrected chi connectivity index (χ3v) is 4.02. The van der Waals surface area contributed by atoms with Crippen LogP contribution < -0.4 is 0 Å². The molecule has 1 heterocycles. The summed E-state index contributed by atoms with van der Waals surface area (Å²) < 4.78 is 6.03.